The van der Waals surface area contributed by atoms with Crippen molar-refractivity contribution in [1.29, 1.82) is 0 Å². The van der Waals surface area contributed by atoms with Gasteiger partial charge in [-0.05, 0) is 43.6 Å². The summed E-state index contributed by atoms with van der Waals surface area (Å²) in [5.41, 5.74) is 0.552. The fourth-order valence-electron chi connectivity index (χ4n) is 1.87. The Bertz CT molecular complexity index is 331. The molecular formula is C12H15F2NO. The van der Waals surface area contributed by atoms with Gasteiger partial charge in [-0.1, -0.05) is 0 Å². The molecule has 1 fully saturated rings. The number of halogens is 2. The van der Waals surface area contributed by atoms with Gasteiger partial charge < -0.3 is 10.1 Å². The molecule has 0 spiro atoms. The molecule has 0 radical (unpaired) electrons. The fourth-order valence-corrected chi connectivity index (χ4v) is 1.87. The molecule has 2 nitrogen and oxygen atoms in total. The minimum atomic E-state index is -0.552. The molecular weight excluding hydrogens is 212 g/mol. The Morgan fingerprint density at radius 1 is 1.12 bits per heavy atom. The van der Waals surface area contributed by atoms with E-state index in [0.29, 0.717) is 5.56 Å². The van der Waals surface area contributed by atoms with Gasteiger partial charge in [-0.3, -0.25) is 0 Å². The molecule has 0 amide bonds. The summed E-state index contributed by atoms with van der Waals surface area (Å²) in [6.07, 6.45) is 2.11. The van der Waals surface area contributed by atoms with Gasteiger partial charge in [0.05, 0.1) is 12.7 Å². The van der Waals surface area contributed by atoms with E-state index in [4.69, 9.17) is 4.74 Å². The molecule has 1 saturated heterocycles. The number of hydrogen-bond donors (Lipinski definition) is 1. The van der Waals surface area contributed by atoms with Crippen LogP contribution in [0.2, 0.25) is 0 Å². The molecule has 1 heterocycles. The summed E-state index contributed by atoms with van der Waals surface area (Å²) in [5.74, 6) is -1.10. The van der Waals surface area contributed by atoms with Crippen LogP contribution in [0.1, 0.15) is 18.4 Å². The zero-order valence-corrected chi connectivity index (χ0v) is 9.01. The molecule has 4 heteroatoms. The summed E-state index contributed by atoms with van der Waals surface area (Å²) in [6, 6.07) is 3.49. The van der Waals surface area contributed by atoms with Crippen molar-refractivity contribution in [2.24, 2.45) is 0 Å². The monoisotopic (exact) mass is 227 g/mol. The summed E-state index contributed by atoms with van der Waals surface area (Å²) < 4.78 is 31.4. The molecule has 88 valence electrons. The van der Waals surface area contributed by atoms with Gasteiger partial charge in [0.25, 0.3) is 0 Å². The van der Waals surface area contributed by atoms with Gasteiger partial charge in [-0.25, -0.2) is 8.78 Å². The Hall–Kier alpha value is -1.00. The van der Waals surface area contributed by atoms with Gasteiger partial charge in [0.15, 0.2) is 0 Å². The van der Waals surface area contributed by atoms with Crippen LogP contribution < -0.4 is 5.32 Å². The van der Waals surface area contributed by atoms with Gasteiger partial charge >= 0.3 is 0 Å². The van der Waals surface area contributed by atoms with Crippen molar-refractivity contribution in [2.75, 3.05) is 13.1 Å². The Morgan fingerprint density at radius 3 is 2.38 bits per heavy atom. The molecule has 1 aromatic rings. The molecule has 16 heavy (non-hydrogen) atoms. The van der Waals surface area contributed by atoms with Crippen molar-refractivity contribution >= 4 is 0 Å². The second-order valence-electron chi connectivity index (χ2n) is 4.04. The van der Waals surface area contributed by atoms with Crippen molar-refractivity contribution in [3.8, 4) is 0 Å². The highest BCUT2D eigenvalue weighted by atomic mass is 19.1. The van der Waals surface area contributed by atoms with Gasteiger partial charge in [-0.2, -0.15) is 0 Å². The highest BCUT2D eigenvalue weighted by molar-refractivity contribution is 5.16. The summed E-state index contributed by atoms with van der Waals surface area (Å²) in [7, 11) is 0. The topological polar surface area (TPSA) is 21.3 Å². The van der Waals surface area contributed by atoms with Gasteiger partial charge in [-0.15, -0.1) is 0 Å². The number of benzene rings is 1. The van der Waals surface area contributed by atoms with Crippen LogP contribution in [0.15, 0.2) is 18.2 Å². The van der Waals surface area contributed by atoms with Crippen LogP contribution >= 0.6 is 0 Å². The van der Waals surface area contributed by atoms with Crippen LogP contribution in [-0.4, -0.2) is 19.2 Å². The maximum absolute atomic E-state index is 12.9. The standard InChI is InChI=1S/C12H15F2NO/c13-10-5-9(6-11(14)7-10)8-16-12-1-3-15-4-2-12/h5-7,12,15H,1-4,8H2. The van der Waals surface area contributed by atoms with Crippen molar-refractivity contribution in [2.45, 2.75) is 25.6 Å². The van der Waals surface area contributed by atoms with Crippen LogP contribution in [0.25, 0.3) is 0 Å². The average molecular weight is 227 g/mol. The third-order valence-corrected chi connectivity index (χ3v) is 2.69. The molecule has 1 aromatic carbocycles. The van der Waals surface area contributed by atoms with E-state index < -0.39 is 11.6 Å². The molecule has 2 rings (SSSR count). The first-order valence-electron chi connectivity index (χ1n) is 5.51. The predicted molar refractivity (Wildman–Crippen MR) is 57.0 cm³/mol. The van der Waals surface area contributed by atoms with E-state index in [1.807, 2.05) is 0 Å². The van der Waals surface area contributed by atoms with Crippen LogP contribution in [0.5, 0.6) is 0 Å². The molecule has 0 unspecified atom stereocenters. The Balaban J connectivity index is 1.88. The normalized spacial score (nSPS) is 17.6. The number of piperidine rings is 1. The smallest absolute Gasteiger partial charge is 0.126 e. The summed E-state index contributed by atoms with van der Waals surface area (Å²) in [6.45, 7) is 2.17. The minimum absolute atomic E-state index is 0.201. The zero-order valence-electron chi connectivity index (χ0n) is 9.01. The Morgan fingerprint density at radius 2 is 1.75 bits per heavy atom. The minimum Gasteiger partial charge on any atom is -0.373 e. The summed E-state index contributed by atoms with van der Waals surface area (Å²) in [4.78, 5) is 0. The first-order chi connectivity index (χ1) is 7.74. The van der Waals surface area contributed by atoms with Crippen LogP contribution in [0.3, 0.4) is 0 Å². The first kappa shape index (κ1) is 11.5. The summed E-state index contributed by atoms with van der Waals surface area (Å²) in [5, 5.41) is 3.23. The van der Waals surface area contributed by atoms with E-state index in [0.717, 1.165) is 32.0 Å². The van der Waals surface area contributed by atoms with Crippen molar-refractivity contribution < 1.29 is 13.5 Å². The number of nitrogens with one attached hydrogen (secondary N) is 1. The average Bonchev–Trinajstić information content (AvgIpc) is 2.27. The molecule has 1 aliphatic heterocycles. The molecule has 0 atom stereocenters. The Kier molecular flexibility index (Phi) is 3.85. The van der Waals surface area contributed by atoms with E-state index in [2.05, 4.69) is 5.32 Å². The van der Waals surface area contributed by atoms with Crippen LogP contribution in [-0.2, 0) is 11.3 Å². The molecule has 0 bridgehead atoms. The van der Waals surface area contributed by atoms with Crippen molar-refractivity contribution in [1.82, 2.24) is 5.32 Å². The van der Waals surface area contributed by atoms with Crippen LogP contribution in [0.4, 0.5) is 8.78 Å². The number of ether oxygens (including phenoxy) is 1. The lowest BCUT2D eigenvalue weighted by molar-refractivity contribution is 0.0210. The first-order valence-corrected chi connectivity index (χ1v) is 5.51. The quantitative estimate of drug-likeness (QED) is 0.855. The van der Waals surface area contributed by atoms with Crippen molar-refractivity contribution in [3.63, 3.8) is 0 Å². The second-order valence-corrected chi connectivity index (χ2v) is 4.04. The van der Waals surface area contributed by atoms with E-state index >= 15 is 0 Å². The summed E-state index contributed by atoms with van der Waals surface area (Å²) >= 11 is 0. The van der Waals surface area contributed by atoms with E-state index in [9.17, 15) is 8.78 Å². The van der Waals surface area contributed by atoms with Gasteiger partial charge in [0.2, 0.25) is 0 Å². The molecule has 1 N–H and O–H groups in total. The van der Waals surface area contributed by atoms with E-state index in [1.54, 1.807) is 0 Å². The lowest BCUT2D eigenvalue weighted by atomic mass is 10.1. The van der Waals surface area contributed by atoms with Gasteiger partial charge in [0, 0.05) is 6.07 Å². The van der Waals surface area contributed by atoms with Crippen molar-refractivity contribution in [3.05, 3.63) is 35.4 Å². The SMILES string of the molecule is Fc1cc(F)cc(COC2CCNCC2)c1. The highest BCUT2D eigenvalue weighted by Gasteiger charge is 2.13. The van der Waals surface area contributed by atoms with E-state index in [1.165, 1.54) is 12.1 Å². The molecule has 0 saturated carbocycles. The molecule has 1 aliphatic rings. The number of rotatable bonds is 3. The predicted octanol–water partition coefficient (Wildman–Crippen LogP) is 2.23. The third-order valence-electron chi connectivity index (χ3n) is 2.69. The zero-order chi connectivity index (χ0) is 11.4. The second kappa shape index (κ2) is 5.37. The Labute approximate surface area is 93.6 Å². The largest absolute Gasteiger partial charge is 0.373 e. The fraction of sp³-hybridized carbons (Fsp3) is 0.500. The lowest BCUT2D eigenvalue weighted by Gasteiger charge is -2.22. The van der Waals surface area contributed by atoms with Gasteiger partial charge in [0.1, 0.15) is 11.6 Å². The molecule has 0 aromatic heterocycles. The lowest BCUT2D eigenvalue weighted by Crippen LogP contribution is -2.32. The third kappa shape index (κ3) is 3.25. The highest BCUT2D eigenvalue weighted by Crippen LogP contribution is 2.13. The molecule has 0 aliphatic carbocycles. The maximum atomic E-state index is 12.9. The number of hydrogen-bond acceptors (Lipinski definition) is 2. The maximum Gasteiger partial charge on any atom is 0.126 e. The van der Waals surface area contributed by atoms with E-state index in [-0.39, 0.29) is 12.7 Å². The van der Waals surface area contributed by atoms with Crippen LogP contribution in [0, 0.1) is 11.6 Å².